The minimum absolute atomic E-state index is 0.0936. The first-order chi connectivity index (χ1) is 14.5. The smallest absolute Gasteiger partial charge is 0.332 e. The largest absolute Gasteiger partial charge is 0.352 e. The summed E-state index contributed by atoms with van der Waals surface area (Å²) in [4.78, 5) is 45.4. The molecule has 1 saturated carbocycles. The first-order valence-corrected chi connectivity index (χ1v) is 10.2. The Kier molecular flexibility index (Phi) is 5.48. The van der Waals surface area contributed by atoms with Crippen LogP contribution in [0.15, 0.2) is 46.2 Å². The zero-order chi connectivity index (χ0) is 21.3. The lowest BCUT2D eigenvalue weighted by atomic mass is 9.80. The normalized spacial score (nSPS) is 19.0. The van der Waals surface area contributed by atoms with Crippen LogP contribution in [0.25, 0.3) is 11.0 Å². The molecule has 0 spiro atoms. The summed E-state index contributed by atoms with van der Waals surface area (Å²) >= 11 is 0. The van der Waals surface area contributed by atoms with Gasteiger partial charge in [0.1, 0.15) is 5.65 Å². The molecular weight excluding hydrogens is 382 g/mol. The molecule has 0 atom stereocenters. The van der Waals surface area contributed by atoms with E-state index in [1.54, 1.807) is 37.6 Å². The average Bonchev–Trinajstić information content (AvgIpc) is 2.80. The first-order valence-electron chi connectivity index (χ1n) is 10.2. The molecule has 1 fully saturated rings. The third-order valence-corrected chi connectivity index (χ3v) is 6.06. The molecular formula is C22H25N5O3. The molecule has 0 bridgehead atoms. The van der Waals surface area contributed by atoms with Crippen molar-refractivity contribution in [1.29, 1.82) is 0 Å². The summed E-state index contributed by atoms with van der Waals surface area (Å²) < 4.78 is 2.54. The van der Waals surface area contributed by atoms with E-state index in [2.05, 4.69) is 15.3 Å². The van der Waals surface area contributed by atoms with Gasteiger partial charge in [-0.05, 0) is 55.9 Å². The second kappa shape index (κ2) is 8.22. The zero-order valence-corrected chi connectivity index (χ0v) is 17.2. The molecule has 8 nitrogen and oxygen atoms in total. The highest BCUT2D eigenvalue weighted by Gasteiger charge is 2.24. The van der Waals surface area contributed by atoms with E-state index in [1.807, 2.05) is 6.07 Å². The number of fused-ring (bicyclic) bond motifs is 1. The maximum absolute atomic E-state index is 12.3. The van der Waals surface area contributed by atoms with E-state index in [9.17, 15) is 14.4 Å². The molecule has 4 rings (SSSR count). The summed E-state index contributed by atoms with van der Waals surface area (Å²) in [5, 5.41) is 3.46. The maximum Gasteiger partial charge on any atom is 0.332 e. The Morgan fingerprint density at radius 2 is 1.87 bits per heavy atom. The molecule has 156 valence electrons. The lowest BCUT2D eigenvalue weighted by Gasteiger charge is -2.28. The molecule has 0 unspecified atom stereocenters. The van der Waals surface area contributed by atoms with Crippen LogP contribution in [0.4, 0.5) is 0 Å². The SMILES string of the molecule is Cn1c(=O)c2ccc(C3CCC(CNC(=O)c4cccnc4)CC3)nc2n(C)c1=O. The number of aryl methyl sites for hydroxylation is 1. The molecule has 1 amide bonds. The molecule has 0 saturated heterocycles. The first kappa shape index (κ1) is 20.0. The van der Waals surface area contributed by atoms with Gasteiger partial charge in [0.05, 0.1) is 10.9 Å². The molecule has 0 aromatic carbocycles. The molecule has 0 aliphatic heterocycles. The van der Waals surface area contributed by atoms with Gasteiger partial charge in [-0.25, -0.2) is 9.78 Å². The van der Waals surface area contributed by atoms with E-state index in [0.29, 0.717) is 35.0 Å². The fraction of sp³-hybridized carbons (Fsp3) is 0.409. The number of hydrogen-bond acceptors (Lipinski definition) is 5. The Morgan fingerprint density at radius 3 is 2.57 bits per heavy atom. The van der Waals surface area contributed by atoms with Crippen molar-refractivity contribution in [2.75, 3.05) is 6.54 Å². The number of amides is 1. The van der Waals surface area contributed by atoms with Crippen LogP contribution in [-0.2, 0) is 14.1 Å². The molecule has 8 heteroatoms. The fourth-order valence-corrected chi connectivity index (χ4v) is 4.19. The Labute approximate surface area is 173 Å². The van der Waals surface area contributed by atoms with Crippen LogP contribution in [0.3, 0.4) is 0 Å². The van der Waals surface area contributed by atoms with Gasteiger partial charge in [-0.3, -0.25) is 23.7 Å². The van der Waals surface area contributed by atoms with Crippen molar-refractivity contribution < 1.29 is 4.79 Å². The highest BCUT2D eigenvalue weighted by molar-refractivity contribution is 5.93. The topological polar surface area (TPSA) is 98.9 Å². The fourth-order valence-electron chi connectivity index (χ4n) is 4.19. The number of aromatic nitrogens is 4. The highest BCUT2D eigenvalue weighted by atomic mass is 16.2. The van der Waals surface area contributed by atoms with Crippen molar-refractivity contribution in [2.45, 2.75) is 31.6 Å². The van der Waals surface area contributed by atoms with Crippen molar-refractivity contribution in [3.05, 3.63) is 68.8 Å². The minimum atomic E-state index is -0.370. The second-order valence-electron chi connectivity index (χ2n) is 7.98. The van der Waals surface area contributed by atoms with E-state index in [4.69, 9.17) is 0 Å². The van der Waals surface area contributed by atoms with Gasteiger partial charge in [0.2, 0.25) is 0 Å². The number of carbonyl (C=O) groups excluding carboxylic acids is 1. The molecule has 0 radical (unpaired) electrons. The summed E-state index contributed by atoms with van der Waals surface area (Å²) in [5.74, 6) is 0.627. The molecule has 3 aromatic rings. The molecule has 1 aliphatic rings. The van der Waals surface area contributed by atoms with Crippen molar-refractivity contribution in [2.24, 2.45) is 20.0 Å². The highest BCUT2D eigenvalue weighted by Crippen LogP contribution is 2.35. The van der Waals surface area contributed by atoms with Crippen LogP contribution in [0.5, 0.6) is 0 Å². The Bertz CT molecular complexity index is 1190. The lowest BCUT2D eigenvalue weighted by molar-refractivity contribution is 0.0942. The second-order valence-corrected chi connectivity index (χ2v) is 7.98. The monoisotopic (exact) mass is 407 g/mol. The predicted molar refractivity (Wildman–Crippen MR) is 113 cm³/mol. The molecule has 1 aliphatic carbocycles. The van der Waals surface area contributed by atoms with Gasteiger partial charge in [-0.15, -0.1) is 0 Å². The number of pyridine rings is 2. The summed E-state index contributed by atoms with van der Waals surface area (Å²) in [6.07, 6.45) is 7.13. The maximum atomic E-state index is 12.3. The van der Waals surface area contributed by atoms with Crippen LogP contribution >= 0.6 is 0 Å². The van der Waals surface area contributed by atoms with E-state index in [-0.39, 0.29) is 17.2 Å². The summed E-state index contributed by atoms with van der Waals surface area (Å²) in [7, 11) is 3.12. The van der Waals surface area contributed by atoms with Crippen LogP contribution in [0, 0.1) is 5.92 Å². The average molecular weight is 407 g/mol. The third-order valence-electron chi connectivity index (χ3n) is 6.06. The molecule has 1 N–H and O–H groups in total. The van der Waals surface area contributed by atoms with E-state index >= 15 is 0 Å². The number of nitrogens with zero attached hydrogens (tertiary/aromatic N) is 4. The number of carbonyl (C=O) groups is 1. The Balaban J connectivity index is 1.42. The lowest BCUT2D eigenvalue weighted by Crippen LogP contribution is -2.37. The van der Waals surface area contributed by atoms with Gasteiger partial charge in [0, 0.05) is 44.6 Å². The minimum Gasteiger partial charge on any atom is -0.352 e. The summed E-state index contributed by atoms with van der Waals surface area (Å²) in [5.41, 5.74) is 1.24. The number of rotatable bonds is 4. The Hall–Kier alpha value is -3.29. The van der Waals surface area contributed by atoms with Crippen molar-refractivity contribution in [3.63, 3.8) is 0 Å². The Morgan fingerprint density at radius 1 is 1.10 bits per heavy atom. The third kappa shape index (κ3) is 3.77. The van der Waals surface area contributed by atoms with Gasteiger partial charge in [-0.1, -0.05) is 0 Å². The van der Waals surface area contributed by atoms with Gasteiger partial charge >= 0.3 is 5.69 Å². The van der Waals surface area contributed by atoms with Gasteiger partial charge in [-0.2, -0.15) is 0 Å². The molecule has 3 heterocycles. The summed E-state index contributed by atoms with van der Waals surface area (Å²) in [6.45, 7) is 0.649. The predicted octanol–water partition coefficient (Wildman–Crippen LogP) is 1.73. The van der Waals surface area contributed by atoms with Crippen LogP contribution < -0.4 is 16.6 Å². The van der Waals surface area contributed by atoms with Gasteiger partial charge in [0.25, 0.3) is 11.5 Å². The van der Waals surface area contributed by atoms with E-state index in [1.165, 1.54) is 11.6 Å². The van der Waals surface area contributed by atoms with E-state index < -0.39 is 0 Å². The standard InChI is InChI=1S/C22H25N5O3/c1-26-19-17(21(29)27(2)22(26)30)9-10-18(25-19)15-7-5-14(6-8-15)12-24-20(28)16-4-3-11-23-13-16/h3-4,9-11,13-15H,5-8,12H2,1-2H3,(H,24,28). The van der Waals surface area contributed by atoms with Gasteiger partial charge in [0.15, 0.2) is 0 Å². The van der Waals surface area contributed by atoms with Crippen LogP contribution in [0.2, 0.25) is 0 Å². The van der Waals surface area contributed by atoms with Crippen LogP contribution in [0.1, 0.15) is 47.7 Å². The number of nitrogens with one attached hydrogen (secondary N) is 1. The van der Waals surface area contributed by atoms with Crippen molar-refractivity contribution in [1.82, 2.24) is 24.4 Å². The summed E-state index contributed by atoms with van der Waals surface area (Å²) in [6, 6.07) is 7.19. The van der Waals surface area contributed by atoms with Crippen molar-refractivity contribution >= 4 is 16.9 Å². The van der Waals surface area contributed by atoms with E-state index in [0.717, 1.165) is 35.9 Å². The number of hydrogen-bond donors (Lipinski definition) is 1. The van der Waals surface area contributed by atoms with Crippen molar-refractivity contribution in [3.8, 4) is 0 Å². The molecule has 3 aromatic heterocycles. The zero-order valence-electron chi connectivity index (χ0n) is 17.2. The van der Waals surface area contributed by atoms with Crippen LogP contribution in [-0.4, -0.2) is 31.6 Å². The molecule has 30 heavy (non-hydrogen) atoms. The quantitative estimate of drug-likeness (QED) is 0.710. The van der Waals surface area contributed by atoms with Gasteiger partial charge < -0.3 is 5.32 Å².